The maximum Gasteiger partial charge on any atom is 0.235 e. The van der Waals surface area contributed by atoms with E-state index in [4.69, 9.17) is 9.97 Å². The van der Waals surface area contributed by atoms with Crippen molar-refractivity contribution in [2.45, 2.75) is 0 Å². The van der Waals surface area contributed by atoms with E-state index < -0.39 is 0 Å². The summed E-state index contributed by atoms with van der Waals surface area (Å²) in [6.45, 7) is 0. The lowest BCUT2D eigenvalue weighted by Crippen LogP contribution is -2.03. The lowest BCUT2D eigenvalue weighted by Gasteiger charge is -2.13. The molecule has 0 saturated heterocycles. The Morgan fingerprint density at radius 2 is 0.907 bits per heavy atom. The van der Waals surface area contributed by atoms with Gasteiger partial charge in [-0.2, -0.15) is 0 Å². The van der Waals surface area contributed by atoms with Crippen LogP contribution in [0.25, 0.3) is 111 Å². The van der Waals surface area contributed by atoms with E-state index in [1.807, 2.05) is 0 Å². The third-order valence-electron chi connectivity index (χ3n) is 11.3. The average molecular weight is 687 g/mol. The van der Waals surface area contributed by atoms with Gasteiger partial charge in [0.05, 0.1) is 39.0 Å². The molecule has 0 fully saturated rings. The van der Waals surface area contributed by atoms with Gasteiger partial charge < -0.3 is 4.57 Å². The summed E-state index contributed by atoms with van der Waals surface area (Å²) in [6.07, 6.45) is 0. The standard InChI is InChI=1S/C50H30N4/c1-2-13-31(14-3-1)32-25-27-33(28-26-32)48-40-19-6-9-22-43(40)51-50(52-48)54-45-24-11-8-18-37(45)41-29-46-42(30-47(41)54)39-21-12-20-38-35-16-5-4-15-34(35)36-17-7-10-23-44(36)53(46)49(38)39/h1-30H. The number of benzene rings is 8. The van der Waals surface area contributed by atoms with Crippen molar-refractivity contribution < 1.29 is 0 Å². The molecule has 4 nitrogen and oxygen atoms in total. The molecule has 0 radical (unpaired) electrons. The molecular weight excluding hydrogens is 657 g/mol. The molecule has 0 saturated carbocycles. The summed E-state index contributed by atoms with van der Waals surface area (Å²) in [7, 11) is 0. The maximum atomic E-state index is 5.42. The Kier molecular flexibility index (Phi) is 6.02. The van der Waals surface area contributed by atoms with Crippen molar-refractivity contribution in [1.82, 2.24) is 19.1 Å². The normalized spacial score (nSPS) is 12.1. The monoisotopic (exact) mass is 686 g/mol. The summed E-state index contributed by atoms with van der Waals surface area (Å²) >= 11 is 0. The van der Waals surface area contributed by atoms with Crippen LogP contribution in [0, 0.1) is 0 Å². The first kappa shape index (κ1) is 29.3. The van der Waals surface area contributed by atoms with Crippen LogP contribution in [0.1, 0.15) is 0 Å². The zero-order valence-electron chi connectivity index (χ0n) is 29.1. The van der Waals surface area contributed by atoms with Crippen LogP contribution in [0.15, 0.2) is 182 Å². The molecule has 4 heterocycles. The summed E-state index contributed by atoms with van der Waals surface area (Å²) in [5, 5.41) is 5.80. The van der Waals surface area contributed by atoms with Crippen molar-refractivity contribution in [3.63, 3.8) is 0 Å². The average Bonchev–Trinajstić information content (AvgIpc) is 3.70. The van der Waals surface area contributed by atoms with E-state index in [0.29, 0.717) is 5.95 Å². The second-order valence-electron chi connectivity index (χ2n) is 14.2. The first-order valence-electron chi connectivity index (χ1n) is 18.4. The smallest absolute Gasteiger partial charge is 0.235 e. The highest BCUT2D eigenvalue weighted by Gasteiger charge is 2.26. The Balaban J connectivity index is 1.15. The molecule has 1 aliphatic rings. The number of hydrogen-bond acceptors (Lipinski definition) is 2. The molecule has 0 N–H and O–H groups in total. The lowest BCUT2D eigenvalue weighted by atomic mass is 9.94. The second kappa shape index (κ2) is 11.1. The fourth-order valence-electron chi connectivity index (χ4n) is 8.89. The van der Waals surface area contributed by atoms with Gasteiger partial charge in [-0.3, -0.25) is 4.57 Å². The summed E-state index contributed by atoms with van der Waals surface area (Å²) < 4.78 is 4.76. The van der Waals surface area contributed by atoms with E-state index in [9.17, 15) is 0 Å². The number of fused-ring (bicyclic) bond motifs is 12. The third kappa shape index (κ3) is 4.08. The van der Waals surface area contributed by atoms with Crippen LogP contribution in [0.5, 0.6) is 0 Å². The molecule has 0 aliphatic carbocycles. The van der Waals surface area contributed by atoms with Crippen molar-refractivity contribution in [2.24, 2.45) is 0 Å². The minimum absolute atomic E-state index is 0.659. The van der Waals surface area contributed by atoms with Crippen LogP contribution < -0.4 is 0 Å². The molecule has 8 aromatic carbocycles. The Bertz CT molecular complexity index is 3310. The highest BCUT2D eigenvalue weighted by Crippen LogP contribution is 2.48. The quantitative estimate of drug-likeness (QED) is 0.185. The van der Waals surface area contributed by atoms with Crippen molar-refractivity contribution in [2.75, 3.05) is 0 Å². The molecule has 0 amide bonds. The molecule has 250 valence electrons. The first-order valence-corrected chi connectivity index (χ1v) is 18.4. The summed E-state index contributed by atoms with van der Waals surface area (Å²) in [4.78, 5) is 10.7. The van der Waals surface area contributed by atoms with Crippen molar-refractivity contribution >= 4 is 54.5 Å². The third-order valence-corrected chi connectivity index (χ3v) is 11.3. The highest BCUT2D eigenvalue weighted by molar-refractivity contribution is 6.22. The number of nitrogens with zero attached hydrogens (tertiary/aromatic N) is 4. The predicted molar refractivity (Wildman–Crippen MR) is 224 cm³/mol. The molecule has 0 spiro atoms. The Morgan fingerprint density at radius 1 is 0.333 bits per heavy atom. The van der Waals surface area contributed by atoms with Gasteiger partial charge in [0.25, 0.3) is 0 Å². The second-order valence-corrected chi connectivity index (χ2v) is 14.2. The summed E-state index contributed by atoms with van der Waals surface area (Å²) in [5.41, 5.74) is 16.0. The zero-order chi connectivity index (χ0) is 35.3. The van der Waals surface area contributed by atoms with Gasteiger partial charge in [0.2, 0.25) is 5.95 Å². The Hall–Kier alpha value is -7.30. The molecule has 0 bridgehead atoms. The molecule has 0 unspecified atom stereocenters. The zero-order valence-corrected chi connectivity index (χ0v) is 29.1. The Labute approximate surface area is 310 Å². The van der Waals surface area contributed by atoms with Gasteiger partial charge in [0, 0.05) is 43.6 Å². The lowest BCUT2D eigenvalue weighted by molar-refractivity contribution is 1.01. The van der Waals surface area contributed by atoms with Gasteiger partial charge in [0.1, 0.15) is 0 Å². The van der Waals surface area contributed by atoms with Crippen LogP contribution in [0.3, 0.4) is 0 Å². The van der Waals surface area contributed by atoms with E-state index in [-0.39, 0.29) is 0 Å². The van der Waals surface area contributed by atoms with Crippen molar-refractivity contribution in [1.29, 1.82) is 0 Å². The molecule has 0 atom stereocenters. The van der Waals surface area contributed by atoms with Gasteiger partial charge in [-0.25, -0.2) is 9.97 Å². The molecule has 12 rings (SSSR count). The molecule has 3 aromatic heterocycles. The van der Waals surface area contributed by atoms with Gasteiger partial charge in [0.15, 0.2) is 0 Å². The number of para-hydroxylation sites is 4. The summed E-state index contributed by atoms with van der Waals surface area (Å²) in [5.74, 6) is 0.659. The van der Waals surface area contributed by atoms with Crippen molar-refractivity contribution in [3.8, 4) is 56.3 Å². The fourth-order valence-corrected chi connectivity index (χ4v) is 8.89. The molecule has 54 heavy (non-hydrogen) atoms. The first-order chi connectivity index (χ1) is 26.8. The van der Waals surface area contributed by atoms with Gasteiger partial charge in [-0.15, -0.1) is 0 Å². The van der Waals surface area contributed by atoms with E-state index in [2.05, 4.69) is 191 Å². The van der Waals surface area contributed by atoms with Crippen molar-refractivity contribution in [3.05, 3.63) is 182 Å². The van der Waals surface area contributed by atoms with Crippen LogP contribution >= 0.6 is 0 Å². The topological polar surface area (TPSA) is 35.6 Å². The maximum absolute atomic E-state index is 5.42. The predicted octanol–water partition coefficient (Wildman–Crippen LogP) is 12.8. The van der Waals surface area contributed by atoms with Crippen LogP contribution in [0.4, 0.5) is 0 Å². The van der Waals surface area contributed by atoms with E-state index in [0.717, 1.165) is 33.2 Å². The fraction of sp³-hybridized carbons (Fsp3) is 0. The van der Waals surface area contributed by atoms with Crippen LogP contribution in [-0.2, 0) is 0 Å². The number of aromatic nitrogens is 4. The number of rotatable bonds is 3. The number of hydrogen-bond donors (Lipinski definition) is 0. The van der Waals surface area contributed by atoms with E-state index >= 15 is 0 Å². The highest BCUT2D eigenvalue weighted by atomic mass is 15.2. The van der Waals surface area contributed by atoms with Gasteiger partial charge in [-0.05, 0) is 52.6 Å². The van der Waals surface area contributed by atoms with E-state index in [1.165, 1.54) is 71.6 Å². The van der Waals surface area contributed by atoms with Gasteiger partial charge >= 0.3 is 0 Å². The minimum Gasteiger partial charge on any atom is -0.308 e. The molecular formula is C50H30N4. The molecule has 1 aliphatic heterocycles. The minimum atomic E-state index is 0.659. The molecule has 11 aromatic rings. The van der Waals surface area contributed by atoms with Gasteiger partial charge in [-0.1, -0.05) is 152 Å². The summed E-state index contributed by atoms with van der Waals surface area (Å²) in [6, 6.07) is 65.4. The SMILES string of the molecule is c1ccc(-c2ccc(-c3nc(-n4c5ccccc5c5cc6c(cc54)c4cccc5c4n6-c4ccccc4-c4ccccc4-5)nc4ccccc34)cc2)cc1. The largest absolute Gasteiger partial charge is 0.308 e. The van der Waals surface area contributed by atoms with Crippen LogP contribution in [0.2, 0.25) is 0 Å². The van der Waals surface area contributed by atoms with E-state index in [1.54, 1.807) is 0 Å². The molecule has 4 heteroatoms. The Morgan fingerprint density at radius 3 is 1.74 bits per heavy atom. The van der Waals surface area contributed by atoms with Crippen LogP contribution in [-0.4, -0.2) is 19.1 Å².